The molecule has 0 spiro atoms. The van der Waals surface area contributed by atoms with Gasteiger partial charge < -0.3 is 15.4 Å². The fraction of sp³-hybridized carbons (Fsp3) is 0.933. The predicted octanol–water partition coefficient (Wildman–Crippen LogP) is 2.17. The van der Waals surface area contributed by atoms with Crippen molar-refractivity contribution in [3.8, 4) is 0 Å². The van der Waals surface area contributed by atoms with Crippen molar-refractivity contribution in [2.45, 2.75) is 52.4 Å². The third-order valence-corrected chi connectivity index (χ3v) is 4.14. The first kappa shape index (κ1) is 16.4. The second-order valence-corrected chi connectivity index (χ2v) is 5.60. The largest absolute Gasteiger partial charge is 0.381 e. The van der Waals surface area contributed by atoms with Gasteiger partial charge in [-0.15, -0.1) is 0 Å². The van der Waals surface area contributed by atoms with E-state index in [2.05, 4.69) is 13.8 Å². The first-order chi connectivity index (χ1) is 9.20. The molecule has 4 nitrogen and oxygen atoms in total. The van der Waals surface area contributed by atoms with E-state index in [0.717, 1.165) is 51.6 Å². The predicted molar refractivity (Wildman–Crippen MR) is 77.9 cm³/mol. The van der Waals surface area contributed by atoms with E-state index in [0.29, 0.717) is 19.8 Å². The molecule has 0 saturated carbocycles. The zero-order chi connectivity index (χ0) is 14.1. The summed E-state index contributed by atoms with van der Waals surface area (Å²) >= 11 is 0. The van der Waals surface area contributed by atoms with Gasteiger partial charge in [0.05, 0.1) is 5.41 Å². The summed E-state index contributed by atoms with van der Waals surface area (Å²) < 4.78 is 5.39. The number of hydrogen-bond donors (Lipinski definition) is 1. The fourth-order valence-electron chi connectivity index (χ4n) is 2.62. The second-order valence-electron chi connectivity index (χ2n) is 5.60. The molecule has 1 amide bonds. The number of carbonyl (C=O) groups is 1. The summed E-state index contributed by atoms with van der Waals surface area (Å²) in [7, 11) is 0. The maximum atomic E-state index is 12.9. The highest BCUT2D eigenvalue weighted by Gasteiger charge is 2.41. The quantitative estimate of drug-likeness (QED) is 0.735. The molecule has 0 unspecified atom stereocenters. The number of nitrogens with zero attached hydrogens (tertiary/aromatic N) is 1. The smallest absolute Gasteiger partial charge is 0.230 e. The Morgan fingerprint density at radius 1 is 1.16 bits per heavy atom. The van der Waals surface area contributed by atoms with Crippen molar-refractivity contribution in [1.29, 1.82) is 0 Å². The van der Waals surface area contributed by atoms with Crippen LogP contribution in [0.3, 0.4) is 0 Å². The van der Waals surface area contributed by atoms with E-state index in [1.54, 1.807) is 0 Å². The minimum absolute atomic E-state index is 0.264. The molecule has 1 fully saturated rings. The molecule has 19 heavy (non-hydrogen) atoms. The van der Waals surface area contributed by atoms with Crippen molar-refractivity contribution in [3.05, 3.63) is 0 Å². The van der Waals surface area contributed by atoms with E-state index in [1.807, 2.05) is 4.90 Å². The Labute approximate surface area is 117 Å². The summed E-state index contributed by atoms with van der Waals surface area (Å²) in [5.74, 6) is 0.264. The summed E-state index contributed by atoms with van der Waals surface area (Å²) in [6.45, 7) is 7.85. The molecule has 1 aliphatic heterocycles. The van der Waals surface area contributed by atoms with Crippen LogP contribution in [-0.2, 0) is 9.53 Å². The molecule has 1 heterocycles. The molecule has 4 heteroatoms. The van der Waals surface area contributed by atoms with E-state index in [1.165, 1.54) is 0 Å². The molecule has 1 aliphatic rings. The van der Waals surface area contributed by atoms with Crippen molar-refractivity contribution in [1.82, 2.24) is 4.90 Å². The maximum Gasteiger partial charge on any atom is 0.230 e. The van der Waals surface area contributed by atoms with E-state index in [9.17, 15) is 4.79 Å². The van der Waals surface area contributed by atoms with Crippen molar-refractivity contribution in [2.75, 3.05) is 32.8 Å². The average Bonchev–Trinajstić information content (AvgIpc) is 2.47. The van der Waals surface area contributed by atoms with Crippen LogP contribution in [-0.4, -0.2) is 43.7 Å². The summed E-state index contributed by atoms with van der Waals surface area (Å²) in [4.78, 5) is 14.9. The van der Waals surface area contributed by atoms with Gasteiger partial charge in [-0.1, -0.05) is 26.7 Å². The van der Waals surface area contributed by atoms with E-state index < -0.39 is 0 Å². The highest BCUT2D eigenvalue weighted by molar-refractivity contribution is 5.83. The lowest BCUT2D eigenvalue weighted by atomic mass is 9.78. The number of rotatable bonds is 8. The Hall–Kier alpha value is -0.610. The van der Waals surface area contributed by atoms with Crippen LogP contribution in [0, 0.1) is 5.41 Å². The standard InChI is InChI=1S/C15H30N2O2/c1-3-5-9-17(10-6-4-2)14(18)15(13-16)7-11-19-12-8-15/h3-13,16H2,1-2H3. The lowest BCUT2D eigenvalue weighted by Crippen LogP contribution is -2.51. The summed E-state index contributed by atoms with van der Waals surface area (Å²) in [5.41, 5.74) is 5.57. The first-order valence-electron chi connectivity index (χ1n) is 7.77. The Balaban J connectivity index is 2.70. The van der Waals surface area contributed by atoms with Crippen molar-refractivity contribution in [2.24, 2.45) is 11.1 Å². The van der Waals surface area contributed by atoms with Crippen LogP contribution in [0.25, 0.3) is 0 Å². The molecule has 0 radical (unpaired) electrons. The summed E-state index contributed by atoms with van der Waals surface area (Å²) in [6.07, 6.45) is 5.94. The molecule has 0 aliphatic carbocycles. The molecular formula is C15H30N2O2. The lowest BCUT2D eigenvalue weighted by Gasteiger charge is -2.39. The molecule has 0 atom stereocenters. The van der Waals surface area contributed by atoms with Crippen LogP contribution in [0.5, 0.6) is 0 Å². The van der Waals surface area contributed by atoms with Crippen molar-refractivity contribution < 1.29 is 9.53 Å². The second kappa shape index (κ2) is 8.54. The molecular weight excluding hydrogens is 240 g/mol. The van der Waals surface area contributed by atoms with E-state index in [4.69, 9.17) is 10.5 Å². The van der Waals surface area contributed by atoms with Gasteiger partial charge in [0.2, 0.25) is 5.91 Å². The van der Waals surface area contributed by atoms with E-state index >= 15 is 0 Å². The van der Waals surface area contributed by atoms with Crippen molar-refractivity contribution in [3.63, 3.8) is 0 Å². The van der Waals surface area contributed by atoms with Crippen molar-refractivity contribution >= 4 is 5.91 Å². The molecule has 2 N–H and O–H groups in total. The highest BCUT2D eigenvalue weighted by Crippen LogP contribution is 2.31. The minimum atomic E-state index is -0.361. The Morgan fingerprint density at radius 3 is 2.11 bits per heavy atom. The molecule has 0 bridgehead atoms. The molecule has 1 saturated heterocycles. The summed E-state index contributed by atoms with van der Waals surface area (Å²) in [5, 5.41) is 0. The van der Waals surface area contributed by atoms with Gasteiger partial charge in [0.1, 0.15) is 0 Å². The van der Waals surface area contributed by atoms with Gasteiger partial charge >= 0.3 is 0 Å². The van der Waals surface area contributed by atoms with Gasteiger partial charge in [0.25, 0.3) is 0 Å². The summed E-state index contributed by atoms with van der Waals surface area (Å²) in [6, 6.07) is 0. The zero-order valence-corrected chi connectivity index (χ0v) is 12.6. The van der Waals surface area contributed by atoms with Gasteiger partial charge in [-0.05, 0) is 25.7 Å². The average molecular weight is 270 g/mol. The number of ether oxygens (including phenoxy) is 1. The van der Waals surface area contributed by atoms with Gasteiger partial charge in [-0.3, -0.25) is 4.79 Å². The number of hydrogen-bond acceptors (Lipinski definition) is 3. The molecule has 112 valence electrons. The van der Waals surface area contributed by atoms with Crippen LogP contribution < -0.4 is 5.73 Å². The van der Waals surface area contributed by atoms with Gasteiger partial charge in [0, 0.05) is 32.8 Å². The third-order valence-electron chi connectivity index (χ3n) is 4.14. The Bertz CT molecular complexity index is 255. The number of unbranched alkanes of at least 4 members (excludes halogenated alkanes) is 2. The zero-order valence-electron chi connectivity index (χ0n) is 12.6. The number of nitrogens with two attached hydrogens (primary N) is 1. The van der Waals surface area contributed by atoms with Crippen LogP contribution >= 0.6 is 0 Å². The fourth-order valence-corrected chi connectivity index (χ4v) is 2.62. The van der Waals surface area contributed by atoms with Gasteiger partial charge in [-0.25, -0.2) is 0 Å². The number of carbonyl (C=O) groups excluding carboxylic acids is 1. The lowest BCUT2D eigenvalue weighted by molar-refractivity contribution is -0.147. The normalized spacial score (nSPS) is 18.3. The van der Waals surface area contributed by atoms with Crippen LogP contribution in [0.15, 0.2) is 0 Å². The highest BCUT2D eigenvalue weighted by atomic mass is 16.5. The first-order valence-corrected chi connectivity index (χ1v) is 7.77. The Kier molecular flexibility index (Phi) is 7.39. The molecule has 0 aromatic carbocycles. The van der Waals surface area contributed by atoms with Gasteiger partial charge in [-0.2, -0.15) is 0 Å². The number of amides is 1. The van der Waals surface area contributed by atoms with Crippen LogP contribution in [0.1, 0.15) is 52.4 Å². The minimum Gasteiger partial charge on any atom is -0.381 e. The van der Waals surface area contributed by atoms with Crippen LogP contribution in [0.2, 0.25) is 0 Å². The SMILES string of the molecule is CCCCN(CCCC)C(=O)C1(CN)CCOCC1. The topological polar surface area (TPSA) is 55.6 Å². The molecule has 0 aromatic rings. The monoisotopic (exact) mass is 270 g/mol. The molecule has 1 rings (SSSR count). The maximum absolute atomic E-state index is 12.9. The third kappa shape index (κ3) is 4.46. The van der Waals surface area contributed by atoms with Crippen LogP contribution in [0.4, 0.5) is 0 Å². The molecule has 0 aromatic heterocycles. The Morgan fingerprint density at radius 2 is 1.68 bits per heavy atom. The van der Waals surface area contributed by atoms with E-state index in [-0.39, 0.29) is 11.3 Å². The van der Waals surface area contributed by atoms with Gasteiger partial charge in [0.15, 0.2) is 0 Å².